The Morgan fingerprint density at radius 1 is 1.47 bits per heavy atom. The van der Waals surface area contributed by atoms with Crippen LogP contribution in [0.4, 0.5) is 0 Å². The van der Waals surface area contributed by atoms with E-state index >= 15 is 0 Å². The quantitative estimate of drug-likeness (QED) is 0.607. The fourth-order valence-corrected chi connectivity index (χ4v) is 1.31. The highest BCUT2D eigenvalue weighted by molar-refractivity contribution is 5.73. The van der Waals surface area contributed by atoms with Gasteiger partial charge in [-0.2, -0.15) is 0 Å². The average Bonchev–Trinajstić information content (AvgIpc) is 2.22. The molecule has 0 spiro atoms. The molecule has 0 amide bonds. The zero-order valence-electron chi connectivity index (χ0n) is 10.1. The summed E-state index contributed by atoms with van der Waals surface area (Å²) in [6.07, 6.45) is 2.73. The van der Waals surface area contributed by atoms with Gasteiger partial charge in [0.2, 0.25) is 0 Å². The maximum Gasteiger partial charge on any atom is 0.320 e. The molecule has 0 aliphatic rings. The molecule has 0 radical (unpaired) electrons. The molecule has 0 aliphatic carbocycles. The number of aliphatic carboxylic acids is 1. The van der Waals surface area contributed by atoms with Crippen molar-refractivity contribution in [2.45, 2.75) is 39.2 Å². The van der Waals surface area contributed by atoms with Gasteiger partial charge in [0.15, 0.2) is 0 Å². The molecule has 4 heteroatoms. The number of likely N-dealkylation sites (N-methyl/N-ethyl adjacent to an activating group) is 1. The summed E-state index contributed by atoms with van der Waals surface area (Å²) in [6.45, 7) is 6.79. The van der Waals surface area contributed by atoms with Crippen molar-refractivity contribution in [2.75, 3.05) is 26.7 Å². The van der Waals surface area contributed by atoms with Gasteiger partial charge in [-0.15, -0.1) is 0 Å². The summed E-state index contributed by atoms with van der Waals surface area (Å²) in [7, 11) is 2.03. The monoisotopic (exact) mass is 216 g/mol. The first-order chi connectivity index (χ1) is 7.11. The molecule has 0 heterocycles. The van der Waals surface area contributed by atoms with Gasteiger partial charge in [0.1, 0.15) is 6.04 Å². The molecule has 0 bridgehead atoms. The van der Waals surface area contributed by atoms with E-state index < -0.39 is 5.97 Å². The Hall–Kier alpha value is -0.610. The van der Waals surface area contributed by atoms with Crippen molar-refractivity contribution >= 4 is 5.97 Å². The number of carboxylic acid groups (broad SMARTS) is 1. The molecule has 0 rings (SSSR count). The van der Waals surface area contributed by atoms with E-state index in [4.69, 9.17) is 5.11 Å². The molecule has 15 heavy (non-hydrogen) atoms. The molecule has 0 fully saturated rings. The van der Waals surface area contributed by atoms with Crippen molar-refractivity contribution in [1.29, 1.82) is 0 Å². The molecule has 90 valence electrons. The number of nitrogens with zero attached hydrogens (tertiary/aromatic N) is 1. The average molecular weight is 216 g/mol. The lowest BCUT2D eigenvalue weighted by Gasteiger charge is -2.17. The predicted molar refractivity (Wildman–Crippen MR) is 62.1 cm³/mol. The van der Waals surface area contributed by atoms with Crippen LogP contribution in [0.1, 0.15) is 33.1 Å². The fourth-order valence-electron chi connectivity index (χ4n) is 1.31. The van der Waals surface area contributed by atoms with Crippen molar-refractivity contribution in [3.05, 3.63) is 0 Å². The minimum Gasteiger partial charge on any atom is -0.480 e. The smallest absolute Gasteiger partial charge is 0.320 e. The Labute approximate surface area is 92.7 Å². The van der Waals surface area contributed by atoms with Crippen LogP contribution in [0.15, 0.2) is 0 Å². The lowest BCUT2D eigenvalue weighted by atomic mass is 10.1. The van der Waals surface area contributed by atoms with E-state index in [9.17, 15) is 4.79 Å². The molecular weight excluding hydrogens is 192 g/mol. The topological polar surface area (TPSA) is 52.6 Å². The molecule has 1 atom stereocenters. The first kappa shape index (κ1) is 14.4. The van der Waals surface area contributed by atoms with Crippen molar-refractivity contribution in [3.63, 3.8) is 0 Å². The van der Waals surface area contributed by atoms with Crippen LogP contribution in [0.2, 0.25) is 0 Å². The minimum atomic E-state index is -0.734. The molecule has 1 unspecified atom stereocenters. The lowest BCUT2D eigenvalue weighted by Crippen LogP contribution is -2.40. The summed E-state index contributed by atoms with van der Waals surface area (Å²) in [5, 5.41) is 12.0. The highest BCUT2D eigenvalue weighted by Crippen LogP contribution is 2.00. The summed E-state index contributed by atoms with van der Waals surface area (Å²) < 4.78 is 0. The first-order valence-corrected chi connectivity index (χ1v) is 5.76. The van der Waals surface area contributed by atoms with E-state index in [2.05, 4.69) is 24.1 Å². The highest BCUT2D eigenvalue weighted by Gasteiger charge is 2.15. The molecular formula is C11H24N2O2. The van der Waals surface area contributed by atoms with Gasteiger partial charge >= 0.3 is 5.97 Å². The van der Waals surface area contributed by atoms with Crippen molar-refractivity contribution < 1.29 is 9.90 Å². The van der Waals surface area contributed by atoms with Crippen LogP contribution in [0.3, 0.4) is 0 Å². The number of carbonyl (C=O) groups is 1. The van der Waals surface area contributed by atoms with E-state index in [0.717, 1.165) is 38.9 Å². The second-order valence-corrected chi connectivity index (χ2v) is 3.88. The van der Waals surface area contributed by atoms with Crippen LogP contribution in [0, 0.1) is 0 Å². The number of hydrogen-bond acceptors (Lipinski definition) is 3. The zero-order valence-corrected chi connectivity index (χ0v) is 10.1. The molecule has 0 saturated carbocycles. The Morgan fingerprint density at radius 2 is 2.13 bits per heavy atom. The summed E-state index contributed by atoms with van der Waals surface area (Å²) in [4.78, 5) is 13.0. The van der Waals surface area contributed by atoms with Gasteiger partial charge in [-0.3, -0.25) is 4.79 Å². The van der Waals surface area contributed by atoms with Crippen molar-refractivity contribution in [1.82, 2.24) is 10.2 Å². The molecule has 0 aromatic carbocycles. The largest absolute Gasteiger partial charge is 0.480 e. The van der Waals surface area contributed by atoms with E-state index in [0.29, 0.717) is 0 Å². The maximum atomic E-state index is 10.9. The van der Waals surface area contributed by atoms with Crippen LogP contribution >= 0.6 is 0 Å². The van der Waals surface area contributed by atoms with Gasteiger partial charge < -0.3 is 15.3 Å². The van der Waals surface area contributed by atoms with Crippen LogP contribution < -0.4 is 5.32 Å². The van der Waals surface area contributed by atoms with E-state index in [-0.39, 0.29) is 6.04 Å². The first-order valence-electron chi connectivity index (χ1n) is 5.76. The van der Waals surface area contributed by atoms with Crippen LogP contribution in [0.5, 0.6) is 0 Å². The third kappa shape index (κ3) is 7.33. The number of carboxylic acids is 1. The molecule has 4 nitrogen and oxygen atoms in total. The Kier molecular flexibility index (Phi) is 8.33. The SMILES string of the molecule is CCCCC(NCCN(C)CC)C(=O)O. The molecule has 2 N–H and O–H groups in total. The third-order valence-corrected chi connectivity index (χ3v) is 2.57. The van der Waals surface area contributed by atoms with Gasteiger partial charge in [-0.25, -0.2) is 0 Å². The molecule has 0 aromatic heterocycles. The van der Waals surface area contributed by atoms with Crippen LogP contribution in [-0.4, -0.2) is 48.7 Å². The Morgan fingerprint density at radius 3 is 2.60 bits per heavy atom. The van der Waals surface area contributed by atoms with Crippen LogP contribution in [-0.2, 0) is 4.79 Å². The number of hydrogen-bond donors (Lipinski definition) is 2. The highest BCUT2D eigenvalue weighted by atomic mass is 16.4. The maximum absolute atomic E-state index is 10.9. The zero-order chi connectivity index (χ0) is 11.7. The van der Waals surface area contributed by atoms with Gasteiger partial charge in [0, 0.05) is 13.1 Å². The minimum absolute atomic E-state index is 0.379. The van der Waals surface area contributed by atoms with E-state index in [1.54, 1.807) is 0 Å². The molecule has 0 aliphatic heterocycles. The summed E-state index contributed by atoms with van der Waals surface area (Å²) in [5.74, 6) is -0.734. The van der Waals surface area contributed by atoms with Gasteiger partial charge in [0.05, 0.1) is 0 Å². The van der Waals surface area contributed by atoms with E-state index in [1.165, 1.54) is 0 Å². The third-order valence-electron chi connectivity index (χ3n) is 2.57. The van der Waals surface area contributed by atoms with E-state index in [1.807, 2.05) is 7.05 Å². The summed E-state index contributed by atoms with van der Waals surface area (Å²) in [6, 6.07) is -0.379. The summed E-state index contributed by atoms with van der Waals surface area (Å²) >= 11 is 0. The van der Waals surface area contributed by atoms with Crippen molar-refractivity contribution in [2.24, 2.45) is 0 Å². The number of rotatable bonds is 9. The van der Waals surface area contributed by atoms with Crippen molar-refractivity contribution in [3.8, 4) is 0 Å². The van der Waals surface area contributed by atoms with Crippen LogP contribution in [0.25, 0.3) is 0 Å². The lowest BCUT2D eigenvalue weighted by molar-refractivity contribution is -0.139. The number of nitrogens with one attached hydrogen (secondary N) is 1. The van der Waals surface area contributed by atoms with Gasteiger partial charge in [-0.1, -0.05) is 26.7 Å². The molecule has 0 saturated heterocycles. The number of unbranched alkanes of at least 4 members (excludes halogenated alkanes) is 1. The Balaban J connectivity index is 3.71. The standard InChI is InChI=1S/C11H24N2O2/c1-4-6-7-10(11(14)15)12-8-9-13(3)5-2/h10,12H,4-9H2,1-3H3,(H,14,15). The summed E-state index contributed by atoms with van der Waals surface area (Å²) in [5.41, 5.74) is 0. The second kappa shape index (κ2) is 8.68. The second-order valence-electron chi connectivity index (χ2n) is 3.88. The fraction of sp³-hybridized carbons (Fsp3) is 0.909. The predicted octanol–water partition coefficient (Wildman–Crippen LogP) is 1.17. The van der Waals surface area contributed by atoms with Gasteiger partial charge in [0.25, 0.3) is 0 Å². The molecule has 0 aromatic rings. The van der Waals surface area contributed by atoms with Gasteiger partial charge in [-0.05, 0) is 20.0 Å². The normalized spacial score (nSPS) is 13.1. The Bertz CT molecular complexity index is 174.